The molecule has 120 valence electrons. The van der Waals surface area contributed by atoms with Crippen molar-refractivity contribution < 1.29 is 14.3 Å². The fourth-order valence-electron chi connectivity index (χ4n) is 2.34. The number of rotatable bonds is 5. The lowest BCUT2D eigenvalue weighted by atomic mass is 10.1. The molecule has 0 aromatic carbocycles. The second-order valence-corrected chi connectivity index (χ2v) is 5.45. The van der Waals surface area contributed by atoms with Gasteiger partial charge in [0.1, 0.15) is 0 Å². The summed E-state index contributed by atoms with van der Waals surface area (Å²) in [5, 5.41) is 0. The van der Waals surface area contributed by atoms with Crippen LogP contribution in [0.25, 0.3) is 0 Å². The highest BCUT2D eigenvalue weighted by Crippen LogP contribution is 2.10. The zero-order valence-electron chi connectivity index (χ0n) is 13.2. The predicted molar refractivity (Wildman–Crippen MR) is 82.8 cm³/mol. The first-order valence-electron chi connectivity index (χ1n) is 7.71. The Morgan fingerprint density at radius 1 is 1.27 bits per heavy atom. The first-order chi connectivity index (χ1) is 10.6. The summed E-state index contributed by atoms with van der Waals surface area (Å²) in [4.78, 5) is 32.2. The molecular weight excluding hydrogens is 282 g/mol. The molecule has 1 aromatic rings. The van der Waals surface area contributed by atoms with Crippen LogP contribution in [0, 0.1) is 0 Å². The fraction of sp³-hybridized carbons (Fsp3) is 0.562. The van der Waals surface area contributed by atoms with Crippen LogP contribution in [0.5, 0.6) is 0 Å². The molecule has 1 aliphatic heterocycles. The zero-order valence-corrected chi connectivity index (χ0v) is 13.2. The smallest absolute Gasteiger partial charge is 0.255 e. The fourth-order valence-corrected chi connectivity index (χ4v) is 2.34. The maximum absolute atomic E-state index is 12.4. The number of aromatic nitrogens is 1. The van der Waals surface area contributed by atoms with Gasteiger partial charge < -0.3 is 14.5 Å². The summed E-state index contributed by atoms with van der Waals surface area (Å²) in [5.74, 6) is -0.195. The maximum Gasteiger partial charge on any atom is 0.255 e. The number of nitrogens with zero attached hydrogens (tertiary/aromatic N) is 3. The van der Waals surface area contributed by atoms with E-state index in [0.717, 1.165) is 12.8 Å². The lowest BCUT2D eigenvalue weighted by Crippen LogP contribution is -2.40. The van der Waals surface area contributed by atoms with Gasteiger partial charge in [-0.2, -0.15) is 0 Å². The van der Waals surface area contributed by atoms with Crippen LogP contribution in [0.15, 0.2) is 18.5 Å². The third-order valence-corrected chi connectivity index (χ3v) is 3.72. The summed E-state index contributed by atoms with van der Waals surface area (Å²) in [7, 11) is 1.77. The standard InChI is InChI=1S/C16H23N3O3/c1-3-4-5-18(2)15(20)13-10-14(12-17-11-13)16(21)19-6-8-22-9-7-19/h10-12H,3-9H2,1-2H3. The maximum atomic E-state index is 12.4. The number of carbonyl (C=O) groups is 2. The monoisotopic (exact) mass is 305 g/mol. The van der Waals surface area contributed by atoms with Crippen LogP contribution in [-0.4, -0.2) is 66.5 Å². The van der Waals surface area contributed by atoms with Gasteiger partial charge in [-0.05, 0) is 12.5 Å². The number of pyridine rings is 1. The molecule has 1 aliphatic rings. The number of carbonyl (C=O) groups excluding carboxylic acids is 2. The molecule has 0 aliphatic carbocycles. The van der Waals surface area contributed by atoms with Gasteiger partial charge in [-0.15, -0.1) is 0 Å². The Morgan fingerprint density at radius 2 is 1.95 bits per heavy atom. The summed E-state index contributed by atoms with van der Waals surface area (Å²) in [6.07, 6.45) is 5.02. The van der Waals surface area contributed by atoms with E-state index in [-0.39, 0.29) is 11.8 Å². The van der Waals surface area contributed by atoms with Crippen LogP contribution in [-0.2, 0) is 4.74 Å². The third-order valence-electron chi connectivity index (χ3n) is 3.72. The van der Waals surface area contributed by atoms with Crippen LogP contribution >= 0.6 is 0 Å². The Hall–Kier alpha value is -1.95. The minimum Gasteiger partial charge on any atom is -0.378 e. The summed E-state index contributed by atoms with van der Waals surface area (Å²) >= 11 is 0. The molecule has 0 N–H and O–H groups in total. The van der Waals surface area contributed by atoms with Gasteiger partial charge in [-0.3, -0.25) is 14.6 Å². The van der Waals surface area contributed by atoms with Crippen molar-refractivity contribution in [1.29, 1.82) is 0 Å². The van der Waals surface area contributed by atoms with E-state index in [4.69, 9.17) is 4.74 Å². The third kappa shape index (κ3) is 4.04. The van der Waals surface area contributed by atoms with E-state index >= 15 is 0 Å². The number of ether oxygens (including phenoxy) is 1. The van der Waals surface area contributed by atoms with Crippen LogP contribution in [0.2, 0.25) is 0 Å². The number of hydrogen-bond acceptors (Lipinski definition) is 4. The summed E-state index contributed by atoms with van der Waals surface area (Å²) in [5.41, 5.74) is 0.911. The van der Waals surface area contributed by atoms with E-state index in [1.807, 2.05) is 0 Å². The molecule has 0 saturated carbocycles. The molecule has 1 fully saturated rings. The molecular formula is C16H23N3O3. The highest BCUT2D eigenvalue weighted by Gasteiger charge is 2.20. The normalized spacial score (nSPS) is 14.7. The van der Waals surface area contributed by atoms with Gasteiger partial charge in [-0.25, -0.2) is 0 Å². The Balaban J connectivity index is 2.08. The Kier molecular flexibility index (Phi) is 5.89. The molecule has 0 radical (unpaired) electrons. The summed E-state index contributed by atoms with van der Waals surface area (Å²) in [6, 6.07) is 1.63. The molecule has 6 heteroatoms. The lowest BCUT2D eigenvalue weighted by Gasteiger charge is -2.26. The first kappa shape index (κ1) is 16.4. The van der Waals surface area contributed by atoms with Gasteiger partial charge in [0.2, 0.25) is 0 Å². The Bertz CT molecular complexity index is 527. The van der Waals surface area contributed by atoms with Crippen LogP contribution in [0.3, 0.4) is 0 Å². The van der Waals surface area contributed by atoms with Gasteiger partial charge in [0.25, 0.3) is 11.8 Å². The summed E-state index contributed by atoms with van der Waals surface area (Å²) < 4.78 is 5.25. The molecule has 22 heavy (non-hydrogen) atoms. The average molecular weight is 305 g/mol. The molecule has 2 amide bonds. The zero-order chi connectivity index (χ0) is 15.9. The topological polar surface area (TPSA) is 62.7 Å². The van der Waals surface area contributed by atoms with Crippen molar-refractivity contribution in [3.63, 3.8) is 0 Å². The molecule has 0 unspecified atom stereocenters. The molecule has 2 heterocycles. The highest BCUT2D eigenvalue weighted by molar-refractivity contribution is 5.99. The predicted octanol–water partition coefficient (Wildman–Crippen LogP) is 1.43. The minimum absolute atomic E-state index is 0.0957. The second kappa shape index (κ2) is 7.89. The number of amides is 2. The van der Waals surface area contributed by atoms with E-state index in [1.54, 1.807) is 22.9 Å². The highest BCUT2D eigenvalue weighted by atomic mass is 16.5. The average Bonchev–Trinajstić information content (AvgIpc) is 2.59. The minimum atomic E-state index is -0.0995. The summed E-state index contributed by atoms with van der Waals surface area (Å²) in [6.45, 7) is 5.05. The van der Waals surface area contributed by atoms with Crippen molar-refractivity contribution in [1.82, 2.24) is 14.8 Å². The SMILES string of the molecule is CCCCN(C)C(=O)c1cncc(C(=O)N2CCOCC2)c1. The van der Waals surface area contributed by atoms with Crippen molar-refractivity contribution in [2.75, 3.05) is 39.9 Å². The lowest BCUT2D eigenvalue weighted by molar-refractivity contribution is 0.0302. The van der Waals surface area contributed by atoms with E-state index in [0.29, 0.717) is 44.0 Å². The number of hydrogen-bond donors (Lipinski definition) is 0. The van der Waals surface area contributed by atoms with Crippen LogP contribution in [0.4, 0.5) is 0 Å². The number of unbranched alkanes of at least 4 members (excludes halogenated alkanes) is 1. The molecule has 0 bridgehead atoms. The van der Waals surface area contributed by atoms with E-state index in [2.05, 4.69) is 11.9 Å². The largest absolute Gasteiger partial charge is 0.378 e. The van der Waals surface area contributed by atoms with E-state index in [1.165, 1.54) is 12.4 Å². The Labute approximate surface area is 131 Å². The van der Waals surface area contributed by atoms with Gasteiger partial charge in [0, 0.05) is 39.1 Å². The van der Waals surface area contributed by atoms with Crippen LogP contribution in [0.1, 0.15) is 40.5 Å². The van der Waals surface area contributed by atoms with Crippen molar-refractivity contribution >= 4 is 11.8 Å². The van der Waals surface area contributed by atoms with Gasteiger partial charge in [0.15, 0.2) is 0 Å². The second-order valence-electron chi connectivity index (χ2n) is 5.45. The molecule has 2 rings (SSSR count). The van der Waals surface area contributed by atoms with Crippen molar-refractivity contribution in [3.8, 4) is 0 Å². The molecule has 1 aromatic heterocycles. The quantitative estimate of drug-likeness (QED) is 0.825. The van der Waals surface area contributed by atoms with Crippen molar-refractivity contribution in [3.05, 3.63) is 29.6 Å². The van der Waals surface area contributed by atoms with Crippen molar-refractivity contribution in [2.45, 2.75) is 19.8 Å². The van der Waals surface area contributed by atoms with E-state index < -0.39 is 0 Å². The molecule has 1 saturated heterocycles. The van der Waals surface area contributed by atoms with Gasteiger partial charge in [0.05, 0.1) is 24.3 Å². The van der Waals surface area contributed by atoms with E-state index in [9.17, 15) is 9.59 Å². The van der Waals surface area contributed by atoms with Crippen molar-refractivity contribution in [2.24, 2.45) is 0 Å². The van der Waals surface area contributed by atoms with Crippen LogP contribution < -0.4 is 0 Å². The Morgan fingerprint density at radius 3 is 2.64 bits per heavy atom. The first-order valence-corrected chi connectivity index (χ1v) is 7.71. The molecule has 0 spiro atoms. The molecule has 6 nitrogen and oxygen atoms in total. The van der Waals surface area contributed by atoms with Gasteiger partial charge >= 0.3 is 0 Å². The molecule has 0 atom stereocenters. The van der Waals surface area contributed by atoms with Gasteiger partial charge in [-0.1, -0.05) is 13.3 Å². The number of morpholine rings is 1.